The topological polar surface area (TPSA) is 64.1 Å². The van der Waals surface area contributed by atoms with Crippen LogP contribution in [0.3, 0.4) is 0 Å². The van der Waals surface area contributed by atoms with E-state index in [0.717, 1.165) is 5.56 Å². The van der Waals surface area contributed by atoms with Gasteiger partial charge in [0.05, 0.1) is 6.10 Å². The Labute approximate surface area is 131 Å². The number of nitrogens with zero attached hydrogens (tertiary/aromatic N) is 2. The van der Waals surface area contributed by atoms with Crippen molar-refractivity contribution >= 4 is 21.8 Å². The second-order valence-corrected chi connectivity index (χ2v) is 5.50. The molecular weight excluding hydrogens is 334 g/mol. The zero-order chi connectivity index (χ0) is 15.2. The molecule has 0 radical (unpaired) electrons. The van der Waals surface area contributed by atoms with E-state index in [0.29, 0.717) is 22.6 Å². The van der Waals surface area contributed by atoms with Crippen molar-refractivity contribution in [2.75, 3.05) is 0 Å². The lowest BCUT2D eigenvalue weighted by Gasteiger charge is -2.13. The number of rotatable bonds is 5. The minimum atomic E-state index is -0.169. The predicted molar refractivity (Wildman–Crippen MR) is 83.1 cm³/mol. The third-order valence-corrected chi connectivity index (χ3v) is 3.06. The van der Waals surface area contributed by atoms with Crippen molar-refractivity contribution in [2.24, 2.45) is 0 Å². The van der Waals surface area contributed by atoms with E-state index in [1.54, 1.807) is 24.5 Å². The third kappa shape index (κ3) is 4.53. The van der Waals surface area contributed by atoms with Crippen LogP contribution in [-0.4, -0.2) is 22.0 Å². The highest BCUT2D eigenvalue weighted by Crippen LogP contribution is 2.16. The molecule has 2 aromatic rings. The normalized spacial score (nSPS) is 10.5. The van der Waals surface area contributed by atoms with Crippen LogP contribution in [0.15, 0.2) is 41.3 Å². The van der Waals surface area contributed by atoms with Crippen LogP contribution in [0.4, 0.5) is 0 Å². The van der Waals surface area contributed by atoms with Crippen molar-refractivity contribution in [1.29, 1.82) is 0 Å². The molecule has 0 unspecified atom stereocenters. The van der Waals surface area contributed by atoms with Crippen LogP contribution in [0.25, 0.3) is 0 Å². The van der Waals surface area contributed by atoms with Crippen molar-refractivity contribution in [3.8, 4) is 5.88 Å². The molecule has 2 rings (SSSR count). The molecule has 0 saturated heterocycles. The Hall–Kier alpha value is -1.95. The van der Waals surface area contributed by atoms with E-state index < -0.39 is 0 Å². The first-order valence-corrected chi connectivity index (χ1v) is 7.36. The number of amides is 1. The van der Waals surface area contributed by atoms with E-state index in [1.165, 1.54) is 0 Å². The van der Waals surface area contributed by atoms with Crippen LogP contribution in [0, 0.1) is 0 Å². The zero-order valence-electron chi connectivity index (χ0n) is 11.8. The smallest absolute Gasteiger partial charge is 0.251 e. The van der Waals surface area contributed by atoms with E-state index in [-0.39, 0.29) is 12.0 Å². The van der Waals surface area contributed by atoms with Crippen LogP contribution in [0.1, 0.15) is 29.8 Å². The highest BCUT2D eigenvalue weighted by atomic mass is 79.9. The summed E-state index contributed by atoms with van der Waals surface area (Å²) in [5.74, 6) is 0.376. The molecule has 0 aliphatic carbocycles. The molecule has 0 aromatic carbocycles. The van der Waals surface area contributed by atoms with Gasteiger partial charge in [-0.2, -0.15) is 0 Å². The molecule has 2 heterocycles. The lowest BCUT2D eigenvalue weighted by atomic mass is 10.2. The molecule has 110 valence electrons. The fourth-order valence-corrected chi connectivity index (χ4v) is 2.07. The molecular formula is C15H16BrN3O2. The zero-order valence-corrected chi connectivity index (χ0v) is 13.4. The summed E-state index contributed by atoms with van der Waals surface area (Å²) in [4.78, 5) is 20.3. The molecule has 2 aromatic heterocycles. The van der Waals surface area contributed by atoms with Crippen LogP contribution in [-0.2, 0) is 6.54 Å². The Morgan fingerprint density at radius 1 is 1.33 bits per heavy atom. The Bertz CT molecular complexity index is 632. The van der Waals surface area contributed by atoms with E-state index in [1.807, 2.05) is 26.0 Å². The maximum atomic E-state index is 12.1. The summed E-state index contributed by atoms with van der Waals surface area (Å²) in [6, 6.07) is 7.03. The summed E-state index contributed by atoms with van der Waals surface area (Å²) >= 11 is 3.24. The number of carbonyl (C=O) groups is 1. The molecule has 0 bridgehead atoms. The van der Waals surface area contributed by atoms with E-state index in [2.05, 4.69) is 31.2 Å². The second-order valence-electron chi connectivity index (χ2n) is 4.68. The molecule has 1 amide bonds. The van der Waals surface area contributed by atoms with E-state index >= 15 is 0 Å². The lowest BCUT2D eigenvalue weighted by molar-refractivity contribution is 0.0950. The van der Waals surface area contributed by atoms with Gasteiger partial charge in [0.1, 0.15) is 4.60 Å². The molecule has 5 nitrogen and oxygen atoms in total. The summed E-state index contributed by atoms with van der Waals surface area (Å²) < 4.78 is 6.25. The molecule has 0 atom stereocenters. The number of pyridine rings is 2. The van der Waals surface area contributed by atoms with Crippen molar-refractivity contribution < 1.29 is 9.53 Å². The average molecular weight is 350 g/mol. The fraction of sp³-hybridized carbons (Fsp3) is 0.267. The SMILES string of the molecule is CC(C)Oc1ncccc1CNC(=O)c1ccnc(Br)c1. The Morgan fingerprint density at radius 3 is 2.86 bits per heavy atom. The number of hydrogen-bond acceptors (Lipinski definition) is 4. The molecule has 0 aliphatic heterocycles. The molecule has 6 heteroatoms. The summed E-state index contributed by atoms with van der Waals surface area (Å²) in [5, 5.41) is 2.85. The number of ether oxygens (including phenoxy) is 1. The quantitative estimate of drug-likeness (QED) is 0.842. The largest absolute Gasteiger partial charge is 0.475 e. The van der Waals surface area contributed by atoms with Gasteiger partial charge in [0.15, 0.2) is 0 Å². The number of aromatic nitrogens is 2. The van der Waals surface area contributed by atoms with Crippen LogP contribution < -0.4 is 10.1 Å². The van der Waals surface area contributed by atoms with Gasteiger partial charge in [-0.25, -0.2) is 9.97 Å². The number of halogens is 1. The number of carbonyl (C=O) groups excluding carboxylic acids is 1. The maximum absolute atomic E-state index is 12.1. The van der Waals surface area contributed by atoms with Crippen molar-refractivity contribution in [2.45, 2.75) is 26.5 Å². The van der Waals surface area contributed by atoms with Gasteiger partial charge in [-0.1, -0.05) is 6.07 Å². The molecule has 21 heavy (non-hydrogen) atoms. The molecule has 0 spiro atoms. The highest BCUT2D eigenvalue weighted by Gasteiger charge is 2.10. The minimum Gasteiger partial charge on any atom is -0.475 e. The average Bonchev–Trinajstić information content (AvgIpc) is 2.45. The Balaban J connectivity index is 2.04. The monoisotopic (exact) mass is 349 g/mol. The minimum absolute atomic E-state index is 0.0329. The van der Waals surface area contributed by atoms with E-state index in [4.69, 9.17) is 4.74 Å². The van der Waals surface area contributed by atoms with Gasteiger partial charge in [0.2, 0.25) is 5.88 Å². The molecule has 0 saturated carbocycles. The van der Waals surface area contributed by atoms with Crippen LogP contribution in [0.5, 0.6) is 5.88 Å². The van der Waals surface area contributed by atoms with E-state index in [9.17, 15) is 4.79 Å². The van der Waals surface area contributed by atoms with Gasteiger partial charge in [-0.3, -0.25) is 4.79 Å². The Morgan fingerprint density at radius 2 is 2.14 bits per heavy atom. The number of hydrogen-bond donors (Lipinski definition) is 1. The lowest BCUT2D eigenvalue weighted by Crippen LogP contribution is -2.23. The van der Waals surface area contributed by atoms with Gasteiger partial charge in [-0.15, -0.1) is 0 Å². The first-order chi connectivity index (χ1) is 10.1. The maximum Gasteiger partial charge on any atom is 0.251 e. The first-order valence-electron chi connectivity index (χ1n) is 6.56. The molecule has 0 fully saturated rings. The third-order valence-electron chi connectivity index (χ3n) is 2.63. The summed E-state index contributed by atoms with van der Waals surface area (Å²) in [7, 11) is 0. The fourth-order valence-electron chi connectivity index (χ4n) is 1.71. The standard InChI is InChI=1S/C15H16BrN3O2/c1-10(2)21-15-12(4-3-6-18-15)9-19-14(20)11-5-7-17-13(16)8-11/h3-8,10H,9H2,1-2H3,(H,19,20). The van der Waals surface area contributed by atoms with Crippen LogP contribution >= 0.6 is 15.9 Å². The van der Waals surface area contributed by atoms with Crippen molar-refractivity contribution in [1.82, 2.24) is 15.3 Å². The summed E-state index contributed by atoms with van der Waals surface area (Å²) in [6.45, 7) is 4.23. The highest BCUT2D eigenvalue weighted by molar-refractivity contribution is 9.10. The van der Waals surface area contributed by atoms with Gasteiger partial charge < -0.3 is 10.1 Å². The van der Waals surface area contributed by atoms with Crippen molar-refractivity contribution in [3.05, 3.63) is 52.4 Å². The van der Waals surface area contributed by atoms with Crippen molar-refractivity contribution in [3.63, 3.8) is 0 Å². The van der Waals surface area contributed by atoms with Gasteiger partial charge in [0.25, 0.3) is 5.91 Å². The van der Waals surface area contributed by atoms with Gasteiger partial charge >= 0.3 is 0 Å². The van der Waals surface area contributed by atoms with Gasteiger partial charge in [-0.05, 0) is 48.0 Å². The van der Waals surface area contributed by atoms with Crippen LogP contribution in [0.2, 0.25) is 0 Å². The summed E-state index contributed by atoms with van der Waals surface area (Å²) in [5.41, 5.74) is 1.39. The predicted octanol–water partition coefficient (Wildman–Crippen LogP) is 2.96. The molecule has 1 N–H and O–H groups in total. The number of nitrogens with one attached hydrogen (secondary N) is 1. The molecule has 0 aliphatic rings. The summed E-state index contributed by atoms with van der Waals surface area (Å²) in [6.07, 6.45) is 3.28. The first kappa shape index (κ1) is 15.4. The second kappa shape index (κ2) is 7.17. The Kier molecular flexibility index (Phi) is 5.27. The van der Waals surface area contributed by atoms with Gasteiger partial charge in [0, 0.05) is 30.1 Å².